The molecular weight excluding hydrogens is 338 g/mol. The lowest BCUT2D eigenvalue weighted by molar-refractivity contribution is 0.166. The molecule has 1 aromatic rings. The van der Waals surface area contributed by atoms with Crippen molar-refractivity contribution in [3.8, 4) is 0 Å². The SMILES string of the molecule is CC=CC1CCC(C2CCC(C=CCCc3ccc(F)c(F)c3)CC2)CC1. The van der Waals surface area contributed by atoms with Crippen molar-refractivity contribution in [2.24, 2.45) is 23.7 Å². The maximum atomic E-state index is 13.2. The summed E-state index contributed by atoms with van der Waals surface area (Å²) >= 11 is 0. The molecular formula is C25H34F2. The minimum absolute atomic E-state index is 0.713. The molecule has 0 atom stereocenters. The van der Waals surface area contributed by atoms with E-state index < -0.39 is 11.6 Å². The number of allylic oxidation sites excluding steroid dienone is 4. The van der Waals surface area contributed by atoms with E-state index in [2.05, 4.69) is 31.2 Å². The summed E-state index contributed by atoms with van der Waals surface area (Å²) in [5, 5.41) is 0. The topological polar surface area (TPSA) is 0 Å². The largest absolute Gasteiger partial charge is 0.204 e. The zero-order valence-corrected chi connectivity index (χ0v) is 16.7. The highest BCUT2D eigenvalue weighted by molar-refractivity contribution is 5.18. The van der Waals surface area contributed by atoms with E-state index in [1.807, 2.05) is 0 Å². The van der Waals surface area contributed by atoms with E-state index in [0.29, 0.717) is 5.92 Å². The van der Waals surface area contributed by atoms with Crippen molar-refractivity contribution < 1.29 is 8.78 Å². The van der Waals surface area contributed by atoms with Gasteiger partial charge in [0, 0.05) is 0 Å². The van der Waals surface area contributed by atoms with Gasteiger partial charge in [0.05, 0.1) is 0 Å². The number of halogens is 2. The molecule has 2 heteroatoms. The van der Waals surface area contributed by atoms with Crippen LogP contribution in [-0.2, 0) is 6.42 Å². The van der Waals surface area contributed by atoms with Gasteiger partial charge in [-0.25, -0.2) is 8.78 Å². The van der Waals surface area contributed by atoms with E-state index in [-0.39, 0.29) is 0 Å². The fraction of sp³-hybridized carbons (Fsp3) is 0.600. The first-order valence-corrected chi connectivity index (χ1v) is 10.9. The minimum atomic E-state index is -0.763. The second-order valence-electron chi connectivity index (χ2n) is 8.59. The Labute approximate surface area is 163 Å². The molecule has 0 amide bonds. The third kappa shape index (κ3) is 6.02. The van der Waals surface area contributed by atoms with Gasteiger partial charge in [-0.15, -0.1) is 0 Å². The van der Waals surface area contributed by atoms with E-state index in [0.717, 1.165) is 36.2 Å². The molecule has 0 aromatic heterocycles. The Morgan fingerprint density at radius 1 is 0.815 bits per heavy atom. The molecule has 148 valence electrons. The first kappa shape index (κ1) is 20.3. The summed E-state index contributed by atoms with van der Waals surface area (Å²) in [5.41, 5.74) is 0.871. The summed E-state index contributed by atoms with van der Waals surface area (Å²) < 4.78 is 26.2. The standard InChI is InChI=1S/C25H34F2/c1-2-5-19-8-13-22(14-9-19)23-15-10-20(11-16-23)6-3-4-7-21-12-17-24(26)25(27)18-21/h2-3,5-6,12,17-20,22-23H,4,7-11,13-16H2,1H3. The molecule has 2 saturated carbocycles. The van der Waals surface area contributed by atoms with Gasteiger partial charge >= 0.3 is 0 Å². The molecule has 0 spiro atoms. The molecule has 0 radical (unpaired) electrons. The monoisotopic (exact) mass is 372 g/mol. The van der Waals surface area contributed by atoms with Crippen molar-refractivity contribution in [1.29, 1.82) is 0 Å². The van der Waals surface area contributed by atoms with Crippen LogP contribution in [0.5, 0.6) is 0 Å². The molecule has 27 heavy (non-hydrogen) atoms. The van der Waals surface area contributed by atoms with Gasteiger partial charge in [-0.05, 0) is 112 Å². The second kappa shape index (κ2) is 10.2. The van der Waals surface area contributed by atoms with E-state index in [9.17, 15) is 8.78 Å². The van der Waals surface area contributed by atoms with Crippen LogP contribution in [0.1, 0.15) is 70.3 Å². The quantitative estimate of drug-likeness (QED) is 0.450. The Hall–Kier alpha value is -1.44. The highest BCUT2D eigenvalue weighted by atomic mass is 19.2. The van der Waals surface area contributed by atoms with Gasteiger partial charge in [0.2, 0.25) is 0 Å². The van der Waals surface area contributed by atoms with Crippen molar-refractivity contribution in [1.82, 2.24) is 0 Å². The van der Waals surface area contributed by atoms with Gasteiger partial charge in [0.1, 0.15) is 0 Å². The third-order valence-corrected chi connectivity index (χ3v) is 6.76. The predicted octanol–water partition coefficient (Wildman–Crippen LogP) is 7.64. The van der Waals surface area contributed by atoms with Gasteiger partial charge in [-0.3, -0.25) is 0 Å². The van der Waals surface area contributed by atoms with Crippen molar-refractivity contribution in [3.05, 3.63) is 59.7 Å². The zero-order chi connectivity index (χ0) is 19.1. The Morgan fingerprint density at radius 3 is 1.96 bits per heavy atom. The summed E-state index contributed by atoms with van der Waals surface area (Å²) in [4.78, 5) is 0. The average Bonchev–Trinajstić information content (AvgIpc) is 2.69. The minimum Gasteiger partial charge on any atom is -0.204 e. The van der Waals surface area contributed by atoms with Crippen LogP contribution in [0.2, 0.25) is 0 Å². The molecule has 0 nitrogen and oxygen atoms in total. The lowest BCUT2D eigenvalue weighted by Crippen LogP contribution is -2.25. The maximum absolute atomic E-state index is 13.2. The van der Waals surface area contributed by atoms with Crippen molar-refractivity contribution in [2.45, 2.75) is 71.1 Å². The molecule has 0 saturated heterocycles. The molecule has 1 aromatic carbocycles. The molecule has 0 N–H and O–H groups in total. The summed E-state index contributed by atoms with van der Waals surface area (Å²) in [6, 6.07) is 4.23. The fourth-order valence-corrected chi connectivity index (χ4v) is 5.12. The summed E-state index contributed by atoms with van der Waals surface area (Å²) in [5.74, 6) is 1.95. The number of aryl methyl sites for hydroxylation is 1. The Bertz CT molecular complexity index is 630. The molecule has 0 unspecified atom stereocenters. The van der Waals surface area contributed by atoms with Crippen LogP contribution in [0.4, 0.5) is 8.78 Å². The maximum Gasteiger partial charge on any atom is 0.159 e. The van der Waals surface area contributed by atoms with Gasteiger partial charge in [0.25, 0.3) is 0 Å². The fourth-order valence-electron chi connectivity index (χ4n) is 5.12. The van der Waals surface area contributed by atoms with Gasteiger partial charge < -0.3 is 0 Å². The predicted molar refractivity (Wildman–Crippen MR) is 110 cm³/mol. The molecule has 2 aliphatic rings. The van der Waals surface area contributed by atoms with Crippen LogP contribution in [0.25, 0.3) is 0 Å². The van der Waals surface area contributed by atoms with Crippen molar-refractivity contribution in [2.75, 3.05) is 0 Å². The van der Waals surface area contributed by atoms with Crippen LogP contribution in [0.15, 0.2) is 42.5 Å². The lowest BCUT2D eigenvalue weighted by Gasteiger charge is -2.36. The highest BCUT2D eigenvalue weighted by Gasteiger charge is 2.29. The number of hydrogen-bond donors (Lipinski definition) is 0. The van der Waals surface area contributed by atoms with Crippen molar-refractivity contribution >= 4 is 0 Å². The van der Waals surface area contributed by atoms with E-state index in [1.54, 1.807) is 6.07 Å². The summed E-state index contributed by atoms with van der Waals surface area (Å²) in [7, 11) is 0. The molecule has 3 rings (SSSR count). The molecule has 0 bridgehead atoms. The van der Waals surface area contributed by atoms with Crippen LogP contribution in [0, 0.1) is 35.3 Å². The molecule has 2 aliphatic carbocycles. The molecule has 0 aliphatic heterocycles. The van der Waals surface area contributed by atoms with Crippen LogP contribution >= 0.6 is 0 Å². The Kier molecular flexibility index (Phi) is 7.67. The number of hydrogen-bond acceptors (Lipinski definition) is 0. The van der Waals surface area contributed by atoms with Crippen LogP contribution < -0.4 is 0 Å². The average molecular weight is 373 g/mol. The van der Waals surface area contributed by atoms with Gasteiger partial charge in [-0.1, -0.05) is 30.4 Å². The first-order chi connectivity index (χ1) is 13.2. The smallest absolute Gasteiger partial charge is 0.159 e. The van der Waals surface area contributed by atoms with E-state index in [1.165, 1.54) is 63.5 Å². The third-order valence-electron chi connectivity index (χ3n) is 6.76. The Balaban J connectivity index is 1.35. The van der Waals surface area contributed by atoms with E-state index >= 15 is 0 Å². The Morgan fingerprint density at radius 2 is 1.41 bits per heavy atom. The zero-order valence-electron chi connectivity index (χ0n) is 16.7. The van der Waals surface area contributed by atoms with Crippen LogP contribution in [0.3, 0.4) is 0 Å². The summed E-state index contributed by atoms with van der Waals surface area (Å²) in [6.45, 7) is 2.14. The first-order valence-electron chi connectivity index (χ1n) is 10.9. The highest BCUT2D eigenvalue weighted by Crippen LogP contribution is 2.41. The van der Waals surface area contributed by atoms with Gasteiger partial charge in [-0.2, -0.15) is 0 Å². The number of rotatable bonds is 6. The normalized spacial score (nSPS) is 29.6. The lowest BCUT2D eigenvalue weighted by atomic mass is 9.69. The second-order valence-corrected chi connectivity index (χ2v) is 8.59. The van der Waals surface area contributed by atoms with Gasteiger partial charge in [0.15, 0.2) is 11.6 Å². The molecule has 0 heterocycles. The molecule has 2 fully saturated rings. The number of benzene rings is 1. The van der Waals surface area contributed by atoms with Crippen molar-refractivity contribution in [3.63, 3.8) is 0 Å². The van der Waals surface area contributed by atoms with E-state index in [4.69, 9.17) is 0 Å². The van der Waals surface area contributed by atoms with Crippen LogP contribution in [-0.4, -0.2) is 0 Å². The summed E-state index contributed by atoms with van der Waals surface area (Å²) in [6.07, 6.45) is 22.0.